The first-order valence-corrected chi connectivity index (χ1v) is 5.79. The van der Waals surface area contributed by atoms with Gasteiger partial charge in [0.1, 0.15) is 12.5 Å². The van der Waals surface area contributed by atoms with Crippen LogP contribution in [-0.4, -0.2) is 51.2 Å². The molecule has 9 nitrogen and oxygen atoms in total. The average molecular weight is 269 g/mol. The number of rotatable bonds is 5. The Bertz CT molecular complexity index is 474. The first-order valence-electron chi connectivity index (χ1n) is 5.79. The molecule has 0 aromatic carbocycles. The fourth-order valence-corrected chi connectivity index (χ4v) is 1.85. The van der Waals surface area contributed by atoms with Crippen molar-refractivity contribution in [3.8, 4) is 0 Å². The van der Waals surface area contributed by atoms with Crippen LogP contribution in [-0.2, 0) is 27.4 Å². The van der Waals surface area contributed by atoms with Crippen molar-refractivity contribution < 1.29 is 19.4 Å². The molecule has 2 rings (SSSR count). The Balaban J connectivity index is 1.88. The SMILES string of the molecule is NCc1cn(CC(=O)NC2COCC2C(=O)O)nn1. The van der Waals surface area contributed by atoms with Crippen molar-refractivity contribution in [1.82, 2.24) is 20.3 Å². The van der Waals surface area contributed by atoms with Gasteiger partial charge >= 0.3 is 5.97 Å². The lowest BCUT2D eigenvalue weighted by molar-refractivity contribution is -0.142. The summed E-state index contributed by atoms with van der Waals surface area (Å²) in [5.41, 5.74) is 5.96. The molecule has 1 aliphatic rings. The van der Waals surface area contributed by atoms with Gasteiger partial charge < -0.3 is 20.9 Å². The molecule has 1 fully saturated rings. The maximum atomic E-state index is 11.8. The highest BCUT2D eigenvalue weighted by atomic mass is 16.5. The van der Waals surface area contributed by atoms with Gasteiger partial charge in [-0.2, -0.15) is 0 Å². The number of nitrogens with one attached hydrogen (secondary N) is 1. The predicted octanol–water partition coefficient (Wildman–Crippen LogP) is -2.05. The molecule has 0 radical (unpaired) electrons. The fourth-order valence-electron chi connectivity index (χ4n) is 1.85. The molecule has 2 unspecified atom stereocenters. The zero-order valence-electron chi connectivity index (χ0n) is 10.2. The Hall–Kier alpha value is -2.00. The second-order valence-electron chi connectivity index (χ2n) is 4.27. The minimum absolute atomic E-state index is 0.0319. The van der Waals surface area contributed by atoms with Gasteiger partial charge in [0.05, 0.1) is 31.1 Å². The van der Waals surface area contributed by atoms with Gasteiger partial charge in [-0.3, -0.25) is 9.59 Å². The van der Waals surface area contributed by atoms with Crippen molar-refractivity contribution in [1.29, 1.82) is 0 Å². The second kappa shape index (κ2) is 5.76. The van der Waals surface area contributed by atoms with Gasteiger partial charge in [-0.15, -0.1) is 5.10 Å². The van der Waals surface area contributed by atoms with Crippen molar-refractivity contribution in [3.63, 3.8) is 0 Å². The van der Waals surface area contributed by atoms with Crippen molar-refractivity contribution in [2.75, 3.05) is 13.2 Å². The lowest BCUT2D eigenvalue weighted by atomic mass is 10.0. The molecule has 1 aromatic rings. The molecule has 1 aromatic heterocycles. The number of carboxylic acid groups (broad SMARTS) is 1. The summed E-state index contributed by atoms with van der Waals surface area (Å²) in [4.78, 5) is 22.7. The summed E-state index contributed by atoms with van der Waals surface area (Å²) < 4.78 is 6.41. The van der Waals surface area contributed by atoms with Crippen molar-refractivity contribution in [3.05, 3.63) is 11.9 Å². The zero-order chi connectivity index (χ0) is 13.8. The number of carbonyl (C=O) groups excluding carboxylic acids is 1. The maximum Gasteiger partial charge on any atom is 0.311 e. The van der Waals surface area contributed by atoms with E-state index in [0.717, 1.165) is 0 Å². The van der Waals surface area contributed by atoms with Crippen molar-refractivity contribution >= 4 is 11.9 Å². The van der Waals surface area contributed by atoms with E-state index < -0.39 is 17.9 Å². The Morgan fingerprint density at radius 3 is 3.00 bits per heavy atom. The minimum Gasteiger partial charge on any atom is -0.481 e. The molecule has 4 N–H and O–H groups in total. The zero-order valence-corrected chi connectivity index (χ0v) is 10.2. The van der Waals surface area contributed by atoms with E-state index in [4.69, 9.17) is 15.6 Å². The molecule has 0 aliphatic carbocycles. The van der Waals surface area contributed by atoms with Gasteiger partial charge in [0.25, 0.3) is 0 Å². The van der Waals surface area contributed by atoms with Gasteiger partial charge in [-0.05, 0) is 0 Å². The number of nitrogens with two attached hydrogens (primary N) is 1. The van der Waals surface area contributed by atoms with Gasteiger partial charge in [-0.25, -0.2) is 4.68 Å². The summed E-state index contributed by atoms with van der Waals surface area (Å²) in [6.07, 6.45) is 1.57. The molecule has 104 valence electrons. The molecule has 1 amide bonds. The highest BCUT2D eigenvalue weighted by molar-refractivity contribution is 5.78. The number of amides is 1. The molecule has 9 heteroatoms. The van der Waals surface area contributed by atoms with E-state index in [9.17, 15) is 9.59 Å². The van der Waals surface area contributed by atoms with E-state index in [0.29, 0.717) is 5.69 Å². The van der Waals surface area contributed by atoms with E-state index in [-0.39, 0.29) is 32.2 Å². The Labute approximate surface area is 108 Å². The Kier molecular flexibility index (Phi) is 4.07. The van der Waals surface area contributed by atoms with E-state index in [1.54, 1.807) is 6.20 Å². The van der Waals surface area contributed by atoms with E-state index in [1.807, 2.05) is 0 Å². The minimum atomic E-state index is -0.978. The summed E-state index contributed by atoms with van der Waals surface area (Å²) in [5, 5.41) is 19.1. The number of carbonyl (C=O) groups is 2. The summed E-state index contributed by atoms with van der Waals surface area (Å²) >= 11 is 0. The first kappa shape index (κ1) is 13.4. The van der Waals surface area contributed by atoms with Crippen molar-refractivity contribution in [2.45, 2.75) is 19.1 Å². The van der Waals surface area contributed by atoms with Crippen LogP contribution in [0.4, 0.5) is 0 Å². The van der Waals surface area contributed by atoms with Crippen LogP contribution < -0.4 is 11.1 Å². The molecule has 0 bridgehead atoms. The topological polar surface area (TPSA) is 132 Å². The number of carboxylic acids is 1. The molecule has 2 heterocycles. The lowest BCUT2D eigenvalue weighted by Gasteiger charge is -2.15. The molecular weight excluding hydrogens is 254 g/mol. The number of hydrogen-bond acceptors (Lipinski definition) is 6. The normalized spacial score (nSPS) is 22.4. The van der Waals surface area contributed by atoms with E-state index in [2.05, 4.69) is 15.6 Å². The van der Waals surface area contributed by atoms with Crippen LogP contribution in [0.15, 0.2) is 6.20 Å². The lowest BCUT2D eigenvalue weighted by Crippen LogP contribution is -2.44. The van der Waals surface area contributed by atoms with Crippen LogP contribution in [0, 0.1) is 5.92 Å². The molecule has 0 spiro atoms. The van der Waals surface area contributed by atoms with Gasteiger partial charge in [0.15, 0.2) is 0 Å². The van der Waals surface area contributed by atoms with E-state index >= 15 is 0 Å². The van der Waals surface area contributed by atoms with Crippen LogP contribution in [0.1, 0.15) is 5.69 Å². The highest BCUT2D eigenvalue weighted by Gasteiger charge is 2.34. The highest BCUT2D eigenvalue weighted by Crippen LogP contribution is 2.13. The standard InChI is InChI=1S/C10H15N5O4/c11-1-6-2-15(14-13-6)3-9(16)12-8-5-19-4-7(8)10(17)18/h2,7-8H,1,3-5,11H2,(H,12,16)(H,17,18). The number of ether oxygens (including phenoxy) is 1. The summed E-state index contributed by atoms with van der Waals surface area (Å²) in [5.74, 6) is -2.02. The summed E-state index contributed by atoms with van der Waals surface area (Å²) in [7, 11) is 0. The van der Waals surface area contributed by atoms with Crippen molar-refractivity contribution in [2.24, 2.45) is 11.7 Å². The third-order valence-electron chi connectivity index (χ3n) is 2.84. The van der Waals surface area contributed by atoms with E-state index in [1.165, 1.54) is 4.68 Å². The first-order chi connectivity index (χ1) is 9.10. The van der Waals surface area contributed by atoms with Gasteiger partial charge in [-0.1, -0.05) is 5.21 Å². The average Bonchev–Trinajstić information content (AvgIpc) is 2.97. The van der Waals surface area contributed by atoms with Gasteiger partial charge in [0, 0.05) is 6.54 Å². The largest absolute Gasteiger partial charge is 0.481 e. The van der Waals surface area contributed by atoms with Crippen LogP contribution >= 0.6 is 0 Å². The van der Waals surface area contributed by atoms with Gasteiger partial charge in [0.2, 0.25) is 5.91 Å². The molecule has 0 saturated carbocycles. The smallest absolute Gasteiger partial charge is 0.311 e. The second-order valence-corrected chi connectivity index (χ2v) is 4.27. The molecule has 1 saturated heterocycles. The molecular formula is C10H15N5O4. The third kappa shape index (κ3) is 3.26. The van der Waals surface area contributed by atoms with Crippen LogP contribution in [0.2, 0.25) is 0 Å². The summed E-state index contributed by atoms with van der Waals surface area (Å²) in [6, 6.07) is -0.512. The number of nitrogens with zero attached hydrogens (tertiary/aromatic N) is 3. The number of aromatic nitrogens is 3. The molecule has 1 aliphatic heterocycles. The molecule has 2 atom stereocenters. The number of aliphatic carboxylic acids is 1. The monoisotopic (exact) mass is 269 g/mol. The Morgan fingerprint density at radius 1 is 1.58 bits per heavy atom. The fraction of sp³-hybridized carbons (Fsp3) is 0.600. The quantitative estimate of drug-likeness (QED) is 0.560. The number of hydrogen-bond donors (Lipinski definition) is 3. The summed E-state index contributed by atoms with van der Waals surface area (Å²) in [6.45, 7) is 0.532. The maximum absolute atomic E-state index is 11.8. The Morgan fingerprint density at radius 2 is 2.37 bits per heavy atom. The molecule has 19 heavy (non-hydrogen) atoms. The van der Waals surface area contributed by atoms with Crippen LogP contribution in [0.3, 0.4) is 0 Å². The predicted molar refractivity (Wildman–Crippen MR) is 61.8 cm³/mol. The third-order valence-corrected chi connectivity index (χ3v) is 2.84. The van der Waals surface area contributed by atoms with Crippen LogP contribution in [0.25, 0.3) is 0 Å². The van der Waals surface area contributed by atoms with Crippen LogP contribution in [0.5, 0.6) is 0 Å².